The number of phenols is 2. The summed E-state index contributed by atoms with van der Waals surface area (Å²) < 4.78 is 0. The molecular weight excluding hydrogens is 793 g/mol. The van der Waals surface area contributed by atoms with Crippen molar-refractivity contribution in [3.8, 4) is 33.8 Å². The highest BCUT2D eigenvalue weighted by molar-refractivity contribution is 6.00. The highest BCUT2D eigenvalue weighted by Crippen LogP contribution is 2.51. The van der Waals surface area contributed by atoms with Gasteiger partial charge in [-0.2, -0.15) is 0 Å². The average molecular weight is 877 g/mol. The zero-order valence-electron chi connectivity index (χ0n) is 44.2. The topological polar surface area (TPSA) is 115 Å². The Morgan fingerprint density at radius 1 is 0.344 bits per heavy atom. The molecule has 352 valence electrons. The zero-order valence-corrected chi connectivity index (χ0v) is 44.2. The van der Waals surface area contributed by atoms with Crippen LogP contribution in [0.25, 0.3) is 22.3 Å². The SMILES string of the molecule is CC(C)(C)c1ccc(-c2c(C(=O)O)cc(C(C)(C)C)c(O)c2C(C)(C)C)c(C(C)(C)C)c1.CC(C)(C)c1ccc(-c2c(C(=O)O)cc(C(C)(C)C)c(O)c2C(C)(C)C)c(C(C)(C)C)c1. The summed E-state index contributed by atoms with van der Waals surface area (Å²) in [5.74, 6) is -1.55. The van der Waals surface area contributed by atoms with Gasteiger partial charge in [-0.25, -0.2) is 9.59 Å². The summed E-state index contributed by atoms with van der Waals surface area (Å²) in [4.78, 5) is 25.1. The number of aromatic hydroxyl groups is 2. The van der Waals surface area contributed by atoms with Crippen LogP contribution in [0.5, 0.6) is 11.5 Å². The van der Waals surface area contributed by atoms with Crippen LogP contribution in [0, 0.1) is 0 Å². The van der Waals surface area contributed by atoms with Crippen molar-refractivity contribution < 1.29 is 30.0 Å². The van der Waals surface area contributed by atoms with Crippen LogP contribution in [0.15, 0.2) is 48.5 Å². The average Bonchev–Trinajstić information content (AvgIpc) is 3.06. The monoisotopic (exact) mass is 877 g/mol. The highest BCUT2D eigenvalue weighted by Gasteiger charge is 2.37. The third-order valence-electron chi connectivity index (χ3n) is 12.1. The Hall–Kier alpha value is -4.58. The van der Waals surface area contributed by atoms with Crippen LogP contribution in [0.3, 0.4) is 0 Å². The van der Waals surface area contributed by atoms with Gasteiger partial charge < -0.3 is 20.4 Å². The van der Waals surface area contributed by atoms with Gasteiger partial charge in [0.1, 0.15) is 11.5 Å². The van der Waals surface area contributed by atoms with Crippen molar-refractivity contribution in [2.45, 2.75) is 209 Å². The molecule has 0 radical (unpaired) electrons. The first-order valence-corrected chi connectivity index (χ1v) is 22.9. The van der Waals surface area contributed by atoms with Gasteiger partial charge in [-0.15, -0.1) is 0 Å². The Kier molecular flexibility index (Phi) is 14.6. The molecule has 0 heterocycles. The van der Waals surface area contributed by atoms with E-state index in [-0.39, 0.29) is 44.3 Å². The van der Waals surface area contributed by atoms with Crippen LogP contribution in [-0.2, 0) is 43.3 Å². The molecule has 0 saturated carbocycles. The summed E-state index contributed by atoms with van der Waals surface area (Å²) >= 11 is 0. The Morgan fingerprint density at radius 3 is 0.781 bits per heavy atom. The number of benzene rings is 4. The van der Waals surface area contributed by atoms with Gasteiger partial charge in [0.25, 0.3) is 0 Å². The first-order valence-electron chi connectivity index (χ1n) is 22.9. The lowest BCUT2D eigenvalue weighted by Gasteiger charge is -2.33. The minimum atomic E-state index is -0.976. The van der Waals surface area contributed by atoms with Crippen molar-refractivity contribution in [1.29, 1.82) is 0 Å². The fourth-order valence-electron chi connectivity index (χ4n) is 8.54. The summed E-state index contributed by atoms with van der Waals surface area (Å²) in [7, 11) is 0. The largest absolute Gasteiger partial charge is 0.507 e. The highest BCUT2D eigenvalue weighted by atomic mass is 16.4. The minimum Gasteiger partial charge on any atom is -0.507 e. The molecule has 0 spiro atoms. The van der Waals surface area contributed by atoms with Gasteiger partial charge in [-0.05, 0) is 88.8 Å². The van der Waals surface area contributed by atoms with Crippen molar-refractivity contribution >= 4 is 11.9 Å². The van der Waals surface area contributed by atoms with E-state index in [1.165, 1.54) is 11.1 Å². The predicted octanol–water partition coefficient (Wildman–Crippen LogP) is 15.9. The fourth-order valence-corrected chi connectivity index (χ4v) is 8.54. The zero-order chi connectivity index (χ0) is 50.0. The van der Waals surface area contributed by atoms with Crippen LogP contribution in [0.2, 0.25) is 0 Å². The molecule has 4 aromatic rings. The maximum Gasteiger partial charge on any atom is 0.336 e. The van der Waals surface area contributed by atoms with E-state index in [1.54, 1.807) is 12.1 Å². The molecule has 6 nitrogen and oxygen atoms in total. The minimum absolute atomic E-state index is 0.0285. The van der Waals surface area contributed by atoms with Gasteiger partial charge in [-0.3, -0.25) is 0 Å². The fraction of sp³-hybridized carbons (Fsp3) is 0.552. The molecule has 4 rings (SSSR count). The van der Waals surface area contributed by atoms with E-state index in [0.29, 0.717) is 33.4 Å². The van der Waals surface area contributed by atoms with E-state index in [2.05, 4.69) is 107 Å². The van der Waals surface area contributed by atoms with E-state index >= 15 is 0 Å². The van der Waals surface area contributed by atoms with Crippen LogP contribution in [0.4, 0.5) is 0 Å². The molecule has 0 aromatic heterocycles. The molecule has 6 heteroatoms. The Balaban J connectivity index is 0.000000340. The molecular formula is C58H84O6. The second-order valence-electron chi connectivity index (χ2n) is 26.3. The molecule has 0 atom stereocenters. The maximum absolute atomic E-state index is 12.6. The molecule has 4 N–H and O–H groups in total. The second kappa shape index (κ2) is 17.3. The van der Waals surface area contributed by atoms with Gasteiger partial charge in [0, 0.05) is 33.4 Å². The first-order chi connectivity index (χ1) is 28.3. The van der Waals surface area contributed by atoms with E-state index in [4.69, 9.17) is 0 Å². The third-order valence-corrected chi connectivity index (χ3v) is 12.1. The van der Waals surface area contributed by atoms with Crippen LogP contribution >= 0.6 is 0 Å². The maximum atomic E-state index is 12.6. The number of aromatic carboxylic acids is 2. The molecule has 0 saturated heterocycles. The van der Waals surface area contributed by atoms with Gasteiger partial charge in [0.05, 0.1) is 11.1 Å². The van der Waals surface area contributed by atoms with Gasteiger partial charge in [0.2, 0.25) is 0 Å². The molecule has 0 aliphatic heterocycles. The van der Waals surface area contributed by atoms with Crippen LogP contribution < -0.4 is 0 Å². The number of rotatable bonds is 4. The summed E-state index contributed by atoms with van der Waals surface area (Å²) in [5, 5.41) is 43.6. The van der Waals surface area contributed by atoms with Gasteiger partial charge >= 0.3 is 11.9 Å². The molecule has 0 fully saturated rings. The van der Waals surface area contributed by atoms with E-state index in [9.17, 15) is 30.0 Å². The van der Waals surface area contributed by atoms with Crippen molar-refractivity contribution in [2.75, 3.05) is 0 Å². The number of hydrogen-bond donors (Lipinski definition) is 4. The molecule has 0 bridgehead atoms. The molecule has 0 aliphatic carbocycles. The molecule has 0 amide bonds. The van der Waals surface area contributed by atoms with Crippen LogP contribution in [0.1, 0.15) is 231 Å². The number of hydrogen-bond acceptors (Lipinski definition) is 4. The number of carboxylic acids is 2. The van der Waals surface area contributed by atoms with Crippen LogP contribution in [-0.4, -0.2) is 32.4 Å². The predicted molar refractivity (Wildman–Crippen MR) is 271 cm³/mol. The van der Waals surface area contributed by atoms with E-state index in [1.807, 2.05) is 95.2 Å². The van der Waals surface area contributed by atoms with Crippen molar-refractivity contribution in [3.05, 3.63) is 104 Å². The first kappa shape index (κ1) is 53.8. The smallest absolute Gasteiger partial charge is 0.336 e. The summed E-state index contributed by atoms with van der Waals surface area (Å²) in [6, 6.07) is 16.1. The lowest BCUT2D eigenvalue weighted by molar-refractivity contribution is 0.0686. The summed E-state index contributed by atoms with van der Waals surface area (Å²) in [6.45, 7) is 50.2. The van der Waals surface area contributed by atoms with Crippen molar-refractivity contribution in [2.24, 2.45) is 0 Å². The number of phenolic OH excluding ortho intramolecular Hbond substituents is 2. The van der Waals surface area contributed by atoms with Gasteiger partial charge in [-0.1, -0.05) is 203 Å². The Labute approximate surface area is 388 Å². The molecule has 0 unspecified atom stereocenters. The normalized spacial score (nSPS) is 13.4. The quantitative estimate of drug-likeness (QED) is 0.162. The number of carboxylic acid groups (broad SMARTS) is 2. The lowest BCUT2D eigenvalue weighted by Crippen LogP contribution is -2.23. The number of carbonyl (C=O) groups is 2. The Morgan fingerprint density at radius 2 is 0.594 bits per heavy atom. The third kappa shape index (κ3) is 11.6. The van der Waals surface area contributed by atoms with Gasteiger partial charge in [0.15, 0.2) is 0 Å². The van der Waals surface area contributed by atoms with Crippen molar-refractivity contribution in [3.63, 3.8) is 0 Å². The van der Waals surface area contributed by atoms with E-state index in [0.717, 1.165) is 22.3 Å². The summed E-state index contributed by atoms with van der Waals surface area (Å²) in [5.41, 5.74) is 8.60. The lowest BCUT2D eigenvalue weighted by atomic mass is 9.71. The summed E-state index contributed by atoms with van der Waals surface area (Å²) in [6.07, 6.45) is 0. The second-order valence-corrected chi connectivity index (χ2v) is 26.3. The Bertz CT molecular complexity index is 2230. The standard InChI is InChI=1S/2C29H42O3/c2*1-26(2,3)17-13-14-18(20(15-17)27(4,5)6)22-19(25(31)32)16-21(28(7,8)9)24(30)23(22)29(10,11)12/h2*13-16,30H,1-12H3,(H,31,32). The van der Waals surface area contributed by atoms with Crippen molar-refractivity contribution in [1.82, 2.24) is 0 Å². The molecule has 64 heavy (non-hydrogen) atoms. The molecule has 4 aromatic carbocycles. The molecule has 0 aliphatic rings. The van der Waals surface area contributed by atoms with E-state index < -0.39 is 33.6 Å².